The Bertz CT molecular complexity index is 373. The summed E-state index contributed by atoms with van der Waals surface area (Å²) in [4.78, 5) is 10.3. The van der Waals surface area contributed by atoms with Gasteiger partial charge in [0.2, 0.25) is 0 Å². The van der Waals surface area contributed by atoms with Gasteiger partial charge in [-0.05, 0) is 18.6 Å². The summed E-state index contributed by atoms with van der Waals surface area (Å²) in [5.41, 5.74) is 1.44. The third kappa shape index (κ3) is 2.99. The number of allylic oxidation sites excluding steroid dienone is 1. The van der Waals surface area contributed by atoms with Gasteiger partial charge < -0.3 is 0 Å². The van der Waals surface area contributed by atoms with Crippen molar-refractivity contribution in [3.8, 4) is 11.8 Å². The maximum Gasteiger partial charge on any atom is 0.137 e. The quantitative estimate of drug-likeness (QED) is 0.466. The summed E-state index contributed by atoms with van der Waals surface area (Å²) in [5, 5.41) is 0. The predicted octanol–water partition coefficient (Wildman–Crippen LogP) is 2.21. The van der Waals surface area contributed by atoms with Gasteiger partial charge >= 0.3 is 0 Å². The summed E-state index contributed by atoms with van der Waals surface area (Å²) in [6.07, 6.45) is 0.642. The summed E-state index contributed by atoms with van der Waals surface area (Å²) >= 11 is 0. The molecule has 0 atom stereocenters. The minimum absolute atomic E-state index is 0.517. The number of carbonyl (C=O) groups excluding carboxylic acids is 1. The first-order valence-electron chi connectivity index (χ1n) is 4.18. The molecule has 0 aromatic heterocycles. The molecule has 0 aliphatic heterocycles. The Hall–Kier alpha value is -1.77. The third-order valence-corrected chi connectivity index (χ3v) is 1.61. The smallest absolute Gasteiger partial charge is 0.137 e. The molecule has 0 spiro atoms. The SMILES string of the molecule is CCC(=C=O)C#Cc1ccccc1. The first kappa shape index (κ1) is 9.32. The minimum Gasteiger partial charge on any atom is -0.232 e. The molecule has 0 heterocycles. The fraction of sp³-hybridized carbons (Fsp3) is 0.167. The van der Waals surface area contributed by atoms with Crippen LogP contribution in [-0.4, -0.2) is 5.94 Å². The molecule has 1 nitrogen and oxygen atoms in total. The molecule has 1 aromatic rings. The Morgan fingerprint density at radius 1 is 1.31 bits per heavy atom. The van der Waals surface area contributed by atoms with Crippen molar-refractivity contribution >= 4 is 5.94 Å². The number of benzene rings is 1. The molecule has 1 rings (SSSR count). The lowest BCUT2D eigenvalue weighted by Crippen LogP contribution is -1.76. The van der Waals surface area contributed by atoms with Crippen LogP contribution in [-0.2, 0) is 4.79 Å². The third-order valence-electron chi connectivity index (χ3n) is 1.61. The van der Waals surface area contributed by atoms with Crippen LogP contribution in [0.2, 0.25) is 0 Å². The second-order valence-electron chi connectivity index (χ2n) is 2.55. The van der Waals surface area contributed by atoms with Crippen molar-refractivity contribution in [3.05, 3.63) is 41.5 Å². The van der Waals surface area contributed by atoms with E-state index in [4.69, 9.17) is 0 Å². The molecule has 0 fully saturated rings. The summed E-state index contributed by atoms with van der Waals surface area (Å²) < 4.78 is 0. The summed E-state index contributed by atoms with van der Waals surface area (Å²) in [7, 11) is 0. The molecule has 0 saturated heterocycles. The molecule has 0 bridgehead atoms. The Morgan fingerprint density at radius 3 is 2.54 bits per heavy atom. The van der Waals surface area contributed by atoms with Gasteiger partial charge in [0, 0.05) is 5.56 Å². The largest absolute Gasteiger partial charge is 0.232 e. The number of hydrogen-bond donors (Lipinski definition) is 0. The van der Waals surface area contributed by atoms with Gasteiger partial charge in [-0.15, -0.1) is 0 Å². The number of hydrogen-bond acceptors (Lipinski definition) is 1. The fourth-order valence-electron chi connectivity index (χ4n) is 0.855. The average molecular weight is 170 g/mol. The molecular formula is C12H10O. The highest BCUT2D eigenvalue weighted by Gasteiger charge is 1.86. The van der Waals surface area contributed by atoms with Crippen molar-refractivity contribution in [1.82, 2.24) is 0 Å². The van der Waals surface area contributed by atoms with E-state index < -0.39 is 0 Å². The van der Waals surface area contributed by atoms with Crippen molar-refractivity contribution in [1.29, 1.82) is 0 Å². The summed E-state index contributed by atoms with van der Waals surface area (Å²) in [6.45, 7) is 1.89. The van der Waals surface area contributed by atoms with Crippen LogP contribution in [0.25, 0.3) is 0 Å². The molecule has 1 aromatic carbocycles. The van der Waals surface area contributed by atoms with Gasteiger partial charge in [0.1, 0.15) is 5.94 Å². The molecule has 0 saturated carbocycles. The van der Waals surface area contributed by atoms with Crippen LogP contribution in [0.15, 0.2) is 35.9 Å². The lowest BCUT2D eigenvalue weighted by Gasteiger charge is -1.86. The molecule has 0 amide bonds. The zero-order valence-corrected chi connectivity index (χ0v) is 7.50. The van der Waals surface area contributed by atoms with Crippen LogP contribution in [0, 0.1) is 11.8 Å². The topological polar surface area (TPSA) is 17.1 Å². The van der Waals surface area contributed by atoms with Crippen LogP contribution in [0.3, 0.4) is 0 Å². The molecule has 0 radical (unpaired) electrons. The van der Waals surface area contributed by atoms with Crippen molar-refractivity contribution in [2.24, 2.45) is 0 Å². The van der Waals surface area contributed by atoms with E-state index in [1.54, 1.807) is 0 Å². The monoisotopic (exact) mass is 170 g/mol. The lowest BCUT2D eigenvalue weighted by atomic mass is 10.2. The first-order chi connectivity index (χ1) is 6.36. The van der Waals surface area contributed by atoms with Crippen molar-refractivity contribution in [2.45, 2.75) is 13.3 Å². The summed E-state index contributed by atoms with van der Waals surface area (Å²) in [6, 6.07) is 9.58. The molecule has 0 N–H and O–H groups in total. The lowest BCUT2D eigenvalue weighted by molar-refractivity contribution is 0.567. The van der Waals surface area contributed by atoms with E-state index in [2.05, 4.69) is 11.8 Å². The van der Waals surface area contributed by atoms with E-state index in [0.717, 1.165) is 5.56 Å². The molecular weight excluding hydrogens is 160 g/mol. The van der Waals surface area contributed by atoms with Crippen LogP contribution >= 0.6 is 0 Å². The van der Waals surface area contributed by atoms with E-state index >= 15 is 0 Å². The zero-order chi connectivity index (χ0) is 9.52. The van der Waals surface area contributed by atoms with E-state index in [0.29, 0.717) is 12.0 Å². The molecule has 0 unspecified atom stereocenters. The number of rotatable bonds is 1. The van der Waals surface area contributed by atoms with Gasteiger partial charge in [-0.1, -0.05) is 37.0 Å². The van der Waals surface area contributed by atoms with E-state index in [-0.39, 0.29) is 0 Å². The molecule has 0 aliphatic carbocycles. The van der Waals surface area contributed by atoms with Gasteiger partial charge in [0.15, 0.2) is 0 Å². The highest BCUT2D eigenvalue weighted by molar-refractivity contribution is 5.61. The predicted molar refractivity (Wildman–Crippen MR) is 52.8 cm³/mol. The Kier molecular flexibility index (Phi) is 3.57. The van der Waals surface area contributed by atoms with Crippen LogP contribution in [0.4, 0.5) is 0 Å². The highest BCUT2D eigenvalue weighted by atomic mass is 16.1. The van der Waals surface area contributed by atoms with Crippen molar-refractivity contribution in [2.75, 3.05) is 0 Å². The van der Waals surface area contributed by atoms with Crippen LogP contribution in [0.5, 0.6) is 0 Å². The molecule has 13 heavy (non-hydrogen) atoms. The van der Waals surface area contributed by atoms with Crippen LogP contribution < -0.4 is 0 Å². The molecule has 1 heteroatoms. The maximum atomic E-state index is 10.3. The van der Waals surface area contributed by atoms with E-state index in [1.165, 1.54) is 0 Å². The van der Waals surface area contributed by atoms with Crippen molar-refractivity contribution in [3.63, 3.8) is 0 Å². The Balaban J connectivity index is 2.85. The zero-order valence-electron chi connectivity index (χ0n) is 7.50. The Morgan fingerprint density at radius 2 is 2.00 bits per heavy atom. The van der Waals surface area contributed by atoms with Gasteiger partial charge in [-0.3, -0.25) is 0 Å². The van der Waals surface area contributed by atoms with Gasteiger partial charge in [0.25, 0.3) is 0 Å². The van der Waals surface area contributed by atoms with E-state index in [1.807, 2.05) is 43.2 Å². The van der Waals surface area contributed by atoms with Gasteiger partial charge in [0.05, 0.1) is 5.57 Å². The Labute approximate surface area is 78.1 Å². The molecule has 0 aliphatic rings. The van der Waals surface area contributed by atoms with Gasteiger partial charge in [-0.25, -0.2) is 4.79 Å². The first-order valence-corrected chi connectivity index (χ1v) is 4.18. The second kappa shape index (κ2) is 4.98. The highest BCUT2D eigenvalue weighted by Crippen LogP contribution is 1.97. The van der Waals surface area contributed by atoms with Crippen LogP contribution in [0.1, 0.15) is 18.9 Å². The van der Waals surface area contributed by atoms with E-state index in [9.17, 15) is 4.79 Å². The maximum absolute atomic E-state index is 10.3. The standard InChI is InChI=1S/C12H10O/c1-2-11(10-13)8-9-12-6-4-3-5-7-12/h3-7H,2H2,1H3. The van der Waals surface area contributed by atoms with Crippen molar-refractivity contribution < 1.29 is 4.79 Å². The molecule has 64 valence electrons. The average Bonchev–Trinajstić information content (AvgIpc) is 2.21. The fourth-order valence-corrected chi connectivity index (χ4v) is 0.855. The summed E-state index contributed by atoms with van der Waals surface area (Å²) in [5.74, 6) is 7.49. The normalized spacial score (nSPS) is 8.08. The van der Waals surface area contributed by atoms with Gasteiger partial charge in [-0.2, -0.15) is 0 Å². The minimum atomic E-state index is 0.517. The second-order valence-corrected chi connectivity index (χ2v) is 2.55.